The van der Waals surface area contributed by atoms with Crippen molar-refractivity contribution in [1.29, 1.82) is 5.41 Å². The molecule has 5 fully saturated rings. The third-order valence-corrected chi connectivity index (χ3v) is 11.6. The molecule has 9 nitrogen and oxygen atoms in total. The molecule has 3 N–H and O–H groups in total. The molecule has 1 spiro atoms. The average Bonchev–Trinajstić information content (AvgIpc) is 3.83. The summed E-state index contributed by atoms with van der Waals surface area (Å²) >= 11 is 0. The van der Waals surface area contributed by atoms with Gasteiger partial charge in [0.1, 0.15) is 17.4 Å². The van der Waals surface area contributed by atoms with Crippen LogP contribution in [0.5, 0.6) is 11.8 Å². The van der Waals surface area contributed by atoms with Crippen LogP contribution in [0, 0.1) is 17.7 Å². The van der Waals surface area contributed by atoms with Crippen molar-refractivity contribution in [3.05, 3.63) is 34.9 Å². The number of nitrogen functional groups attached to an aromatic ring is 1. The third kappa shape index (κ3) is 6.58. The number of benzene rings is 2. The summed E-state index contributed by atoms with van der Waals surface area (Å²) in [5.41, 5.74) is 10.1. The van der Waals surface area contributed by atoms with E-state index < -0.39 is 18.7 Å². The standard InChI is InChI=1S/C37H44F5N7O2/c1-21-3-6-28(44)27(16-43)29(21)30-25(22-4-5-22)15-26-31(32(30)50-20-37(40,41)42)45-34(51-24-13-23(14-24)49-12-9-36(38,39)19-49)46-33(26)48-10-7-35(8-11-48)17-47(2)18-35/h3,6,15-16,22-24,43H,4-5,7-14,17-20,44H2,1-2H3. The van der Waals surface area contributed by atoms with Crippen LogP contribution in [0.3, 0.4) is 0 Å². The molecule has 0 unspecified atom stereocenters. The van der Waals surface area contributed by atoms with E-state index >= 15 is 0 Å². The Kier molecular flexibility index (Phi) is 8.36. The van der Waals surface area contributed by atoms with Crippen LogP contribution < -0.4 is 20.1 Å². The van der Waals surface area contributed by atoms with Crippen molar-refractivity contribution < 1.29 is 31.4 Å². The number of nitrogens with two attached hydrogens (primary N) is 1. The first-order valence-corrected chi connectivity index (χ1v) is 17.9. The minimum Gasteiger partial charge on any atom is -0.481 e. The second-order valence-corrected chi connectivity index (χ2v) is 15.6. The minimum absolute atomic E-state index is 0.0231. The van der Waals surface area contributed by atoms with Crippen molar-refractivity contribution in [3.8, 4) is 22.9 Å². The lowest BCUT2D eigenvalue weighted by molar-refractivity contribution is -0.153. The van der Waals surface area contributed by atoms with Gasteiger partial charge in [0.15, 0.2) is 12.4 Å². The zero-order valence-electron chi connectivity index (χ0n) is 29.0. The van der Waals surface area contributed by atoms with Crippen molar-refractivity contribution in [2.75, 3.05) is 63.6 Å². The lowest BCUT2D eigenvalue weighted by Crippen LogP contribution is -2.58. The Hall–Kier alpha value is -3.78. The first-order chi connectivity index (χ1) is 24.2. The van der Waals surface area contributed by atoms with E-state index in [1.807, 2.05) is 13.0 Å². The van der Waals surface area contributed by atoms with Gasteiger partial charge in [-0.25, -0.2) is 8.78 Å². The van der Waals surface area contributed by atoms with Gasteiger partial charge in [-0.15, -0.1) is 0 Å². The van der Waals surface area contributed by atoms with Crippen molar-refractivity contribution in [2.24, 2.45) is 5.41 Å². The average molecular weight is 714 g/mol. The second-order valence-electron chi connectivity index (χ2n) is 15.6. The fraction of sp³-hybridized carbons (Fsp3) is 0.595. The number of aryl methyl sites for hydroxylation is 1. The number of fused-ring (bicyclic) bond motifs is 1. The number of ether oxygens (including phenoxy) is 2. The molecule has 0 atom stereocenters. The number of aromatic nitrogens is 2. The molecule has 0 radical (unpaired) electrons. The molecule has 3 saturated heterocycles. The Morgan fingerprint density at radius 1 is 1.02 bits per heavy atom. The lowest BCUT2D eigenvalue weighted by Gasteiger charge is -2.53. The Labute approximate surface area is 293 Å². The summed E-state index contributed by atoms with van der Waals surface area (Å²) in [6.45, 7) is 3.89. The van der Waals surface area contributed by atoms with Crippen molar-refractivity contribution >= 4 is 28.6 Å². The summed E-state index contributed by atoms with van der Waals surface area (Å²) in [5.74, 6) is -2.04. The van der Waals surface area contributed by atoms with Gasteiger partial charge in [0.05, 0.1) is 6.54 Å². The van der Waals surface area contributed by atoms with Crippen LogP contribution in [0.25, 0.3) is 22.0 Å². The molecule has 0 bridgehead atoms. The van der Waals surface area contributed by atoms with Crippen LogP contribution >= 0.6 is 0 Å². The van der Waals surface area contributed by atoms with Gasteiger partial charge in [-0.2, -0.15) is 23.1 Å². The van der Waals surface area contributed by atoms with E-state index in [2.05, 4.69) is 16.8 Å². The number of alkyl halides is 5. The molecule has 5 aliphatic rings. The Balaban J connectivity index is 1.25. The molecular formula is C37H44F5N7O2. The van der Waals surface area contributed by atoms with Gasteiger partial charge < -0.3 is 30.4 Å². The van der Waals surface area contributed by atoms with E-state index in [4.69, 9.17) is 30.6 Å². The fourth-order valence-corrected chi connectivity index (χ4v) is 8.78. The second kappa shape index (κ2) is 12.4. The summed E-state index contributed by atoms with van der Waals surface area (Å²) in [7, 11) is 2.12. The highest BCUT2D eigenvalue weighted by molar-refractivity contribution is 6.05. The predicted molar refractivity (Wildman–Crippen MR) is 185 cm³/mol. The monoisotopic (exact) mass is 713 g/mol. The first kappa shape index (κ1) is 34.3. The maximum Gasteiger partial charge on any atom is 0.422 e. The quantitative estimate of drug-likeness (QED) is 0.142. The molecule has 2 aliphatic carbocycles. The minimum atomic E-state index is -4.63. The fourth-order valence-electron chi connectivity index (χ4n) is 8.78. The molecule has 51 heavy (non-hydrogen) atoms. The molecule has 1 aromatic heterocycles. The van der Waals surface area contributed by atoms with Gasteiger partial charge in [0, 0.05) is 86.4 Å². The van der Waals surface area contributed by atoms with E-state index in [-0.39, 0.29) is 53.7 Å². The van der Waals surface area contributed by atoms with Crippen LogP contribution in [0.2, 0.25) is 0 Å². The summed E-state index contributed by atoms with van der Waals surface area (Å²) < 4.78 is 81.9. The number of piperidine rings is 1. The molecular weight excluding hydrogens is 669 g/mol. The molecule has 274 valence electrons. The number of likely N-dealkylation sites (tertiary alicyclic amines) is 2. The van der Waals surface area contributed by atoms with Gasteiger partial charge in [-0.1, -0.05) is 6.07 Å². The number of anilines is 2. The highest BCUT2D eigenvalue weighted by atomic mass is 19.4. The van der Waals surface area contributed by atoms with Crippen molar-refractivity contribution in [2.45, 2.75) is 82.0 Å². The molecule has 2 aromatic carbocycles. The van der Waals surface area contributed by atoms with Crippen molar-refractivity contribution in [1.82, 2.24) is 19.8 Å². The molecule has 14 heteroatoms. The number of halogens is 5. The summed E-state index contributed by atoms with van der Waals surface area (Å²) in [4.78, 5) is 16.1. The van der Waals surface area contributed by atoms with E-state index in [1.165, 1.54) is 0 Å². The van der Waals surface area contributed by atoms with Gasteiger partial charge in [0.2, 0.25) is 0 Å². The SMILES string of the molecule is Cc1ccc(N)c(C=N)c1-c1c(C2CC2)cc2c(N3CCC4(CC3)CN(C)C4)nc(OC3CC(N4CCC(F)(F)C4)C3)nc2c1OCC(F)(F)F. The molecule has 0 amide bonds. The number of rotatable bonds is 9. The van der Waals surface area contributed by atoms with Crippen LogP contribution in [-0.2, 0) is 0 Å². The van der Waals surface area contributed by atoms with E-state index in [0.717, 1.165) is 69.2 Å². The van der Waals surface area contributed by atoms with Gasteiger partial charge in [-0.3, -0.25) is 4.90 Å². The summed E-state index contributed by atoms with van der Waals surface area (Å²) in [6.07, 6.45) is 0.725. The van der Waals surface area contributed by atoms with E-state index in [0.29, 0.717) is 53.0 Å². The summed E-state index contributed by atoms with van der Waals surface area (Å²) in [6, 6.07) is 5.49. The zero-order chi connectivity index (χ0) is 35.9. The van der Waals surface area contributed by atoms with Crippen LogP contribution in [0.4, 0.5) is 33.5 Å². The third-order valence-electron chi connectivity index (χ3n) is 11.6. The topological polar surface area (TPSA) is 104 Å². The molecule has 3 aliphatic heterocycles. The van der Waals surface area contributed by atoms with Crippen LogP contribution in [-0.4, -0.2) is 103 Å². The van der Waals surface area contributed by atoms with Gasteiger partial charge in [-0.05, 0) is 79.8 Å². The highest BCUT2D eigenvalue weighted by Gasteiger charge is 2.46. The van der Waals surface area contributed by atoms with E-state index in [9.17, 15) is 22.0 Å². The van der Waals surface area contributed by atoms with Gasteiger partial charge >= 0.3 is 12.2 Å². The number of hydrogen-bond donors (Lipinski definition) is 2. The van der Waals surface area contributed by atoms with Gasteiger partial charge in [0.25, 0.3) is 5.92 Å². The smallest absolute Gasteiger partial charge is 0.422 e. The van der Waals surface area contributed by atoms with Crippen LogP contribution in [0.1, 0.15) is 67.6 Å². The Morgan fingerprint density at radius 2 is 1.75 bits per heavy atom. The number of nitrogens with zero attached hydrogens (tertiary/aromatic N) is 5. The Morgan fingerprint density at radius 3 is 2.35 bits per heavy atom. The molecule has 8 rings (SSSR count). The lowest BCUT2D eigenvalue weighted by atomic mass is 9.72. The largest absolute Gasteiger partial charge is 0.481 e. The van der Waals surface area contributed by atoms with Crippen molar-refractivity contribution in [3.63, 3.8) is 0 Å². The zero-order valence-corrected chi connectivity index (χ0v) is 29.0. The Bertz CT molecular complexity index is 1840. The van der Waals surface area contributed by atoms with Crippen LogP contribution in [0.15, 0.2) is 18.2 Å². The summed E-state index contributed by atoms with van der Waals surface area (Å²) in [5, 5.41) is 8.84. The first-order valence-electron chi connectivity index (χ1n) is 17.9. The van der Waals surface area contributed by atoms with E-state index in [1.54, 1.807) is 17.0 Å². The highest BCUT2D eigenvalue weighted by Crippen LogP contribution is 2.53. The molecule has 4 heterocycles. The maximum atomic E-state index is 14.0. The number of nitrogens with one attached hydrogen (secondary N) is 1. The normalized spacial score (nSPS) is 24.8. The molecule has 2 saturated carbocycles. The number of hydrogen-bond acceptors (Lipinski definition) is 9. The maximum absolute atomic E-state index is 14.0. The molecule has 3 aromatic rings. The predicted octanol–water partition coefficient (Wildman–Crippen LogP) is 6.79.